The normalized spacial score (nSPS) is 18.1. The number of rotatable bonds is 6. The van der Waals surface area contributed by atoms with Crippen molar-refractivity contribution in [3.8, 4) is 0 Å². The summed E-state index contributed by atoms with van der Waals surface area (Å²) in [5, 5.41) is 4.55. The van der Waals surface area contributed by atoms with E-state index in [-0.39, 0.29) is 5.41 Å². The second kappa shape index (κ2) is 7.62. The molecule has 1 aromatic rings. The van der Waals surface area contributed by atoms with Crippen LogP contribution >= 0.6 is 11.6 Å². The first-order valence-corrected chi connectivity index (χ1v) is 8.42. The quantitative estimate of drug-likeness (QED) is 0.849. The van der Waals surface area contributed by atoms with Gasteiger partial charge < -0.3 is 10.1 Å². The fourth-order valence-corrected chi connectivity index (χ4v) is 3.35. The maximum atomic E-state index is 6.44. The maximum Gasteiger partial charge on any atom is 0.0471 e. The van der Waals surface area contributed by atoms with Crippen molar-refractivity contribution in [3.63, 3.8) is 0 Å². The van der Waals surface area contributed by atoms with Crippen molar-refractivity contribution in [3.05, 3.63) is 34.3 Å². The Morgan fingerprint density at radius 3 is 2.62 bits per heavy atom. The summed E-state index contributed by atoms with van der Waals surface area (Å²) in [5.41, 5.74) is 2.78. The van der Waals surface area contributed by atoms with Crippen molar-refractivity contribution >= 4 is 11.6 Å². The zero-order valence-corrected chi connectivity index (χ0v) is 14.3. The lowest BCUT2D eigenvalue weighted by atomic mass is 9.75. The van der Waals surface area contributed by atoms with E-state index < -0.39 is 0 Å². The molecule has 1 aromatic carbocycles. The summed E-state index contributed by atoms with van der Waals surface area (Å²) in [6.07, 6.45) is 3.27. The van der Waals surface area contributed by atoms with Crippen LogP contribution in [0.2, 0.25) is 5.02 Å². The van der Waals surface area contributed by atoms with Crippen molar-refractivity contribution in [2.45, 2.75) is 40.0 Å². The second-order valence-corrected chi connectivity index (χ2v) is 7.32. The van der Waals surface area contributed by atoms with E-state index in [4.69, 9.17) is 16.3 Å². The van der Waals surface area contributed by atoms with Gasteiger partial charge in [-0.05, 0) is 61.3 Å². The Bertz CT molecular complexity index is 453. The highest BCUT2D eigenvalue weighted by Crippen LogP contribution is 2.36. The molecule has 0 unspecified atom stereocenters. The van der Waals surface area contributed by atoms with E-state index in [0.29, 0.717) is 5.92 Å². The molecule has 1 saturated heterocycles. The molecule has 1 aliphatic heterocycles. The minimum Gasteiger partial charge on any atom is -0.381 e. The van der Waals surface area contributed by atoms with Gasteiger partial charge in [-0.15, -0.1) is 0 Å². The molecule has 2 nitrogen and oxygen atoms in total. The fraction of sp³-hybridized carbons (Fsp3) is 0.667. The van der Waals surface area contributed by atoms with Gasteiger partial charge in [0, 0.05) is 24.8 Å². The summed E-state index contributed by atoms with van der Waals surface area (Å²) in [7, 11) is 0. The molecule has 1 N–H and O–H groups in total. The summed E-state index contributed by atoms with van der Waals surface area (Å²) in [5.74, 6) is 0.685. The van der Waals surface area contributed by atoms with Crippen LogP contribution in [0.5, 0.6) is 0 Å². The van der Waals surface area contributed by atoms with E-state index in [1.54, 1.807) is 0 Å². The summed E-state index contributed by atoms with van der Waals surface area (Å²) in [6, 6.07) is 6.43. The van der Waals surface area contributed by atoms with Crippen LogP contribution in [0, 0.1) is 18.3 Å². The van der Waals surface area contributed by atoms with Crippen LogP contribution in [0.3, 0.4) is 0 Å². The molecule has 1 heterocycles. The number of halogens is 1. The lowest BCUT2D eigenvalue weighted by molar-refractivity contribution is 0.0147. The average molecular weight is 310 g/mol. The van der Waals surface area contributed by atoms with E-state index in [1.165, 1.54) is 11.1 Å². The number of aryl methyl sites for hydroxylation is 1. The zero-order chi connectivity index (χ0) is 15.3. The summed E-state index contributed by atoms with van der Waals surface area (Å²) in [4.78, 5) is 0. The highest BCUT2D eigenvalue weighted by Gasteiger charge is 2.33. The predicted octanol–water partition coefficient (Wildman–Crippen LogP) is 4.23. The van der Waals surface area contributed by atoms with Crippen molar-refractivity contribution in [1.82, 2.24) is 5.32 Å². The smallest absolute Gasteiger partial charge is 0.0471 e. The molecule has 1 fully saturated rings. The molecule has 0 bridgehead atoms. The minimum absolute atomic E-state index is 0.284. The van der Waals surface area contributed by atoms with Crippen molar-refractivity contribution < 1.29 is 4.74 Å². The van der Waals surface area contributed by atoms with Crippen LogP contribution in [0.4, 0.5) is 0 Å². The van der Waals surface area contributed by atoms with Gasteiger partial charge in [0.2, 0.25) is 0 Å². The van der Waals surface area contributed by atoms with Crippen LogP contribution in [-0.2, 0) is 11.2 Å². The fourth-order valence-electron chi connectivity index (χ4n) is 3.05. The lowest BCUT2D eigenvalue weighted by Crippen LogP contribution is -2.41. The number of nitrogens with one attached hydrogen (secondary N) is 1. The SMILES string of the molecule is Cc1ccc(CC2(CNCC(C)C)CCOCC2)c(Cl)c1. The van der Waals surface area contributed by atoms with Crippen molar-refractivity contribution in [2.24, 2.45) is 11.3 Å². The number of benzene rings is 1. The Balaban J connectivity index is 2.08. The lowest BCUT2D eigenvalue weighted by Gasteiger charge is -2.38. The van der Waals surface area contributed by atoms with Gasteiger partial charge >= 0.3 is 0 Å². The highest BCUT2D eigenvalue weighted by atomic mass is 35.5. The summed E-state index contributed by atoms with van der Waals surface area (Å²) < 4.78 is 5.58. The molecule has 0 atom stereocenters. The molecule has 2 rings (SSSR count). The van der Waals surface area contributed by atoms with E-state index in [0.717, 1.165) is 50.6 Å². The van der Waals surface area contributed by atoms with E-state index in [2.05, 4.69) is 44.3 Å². The first-order chi connectivity index (χ1) is 10.0. The highest BCUT2D eigenvalue weighted by molar-refractivity contribution is 6.31. The van der Waals surface area contributed by atoms with E-state index >= 15 is 0 Å². The van der Waals surface area contributed by atoms with Gasteiger partial charge in [0.15, 0.2) is 0 Å². The molecule has 0 spiro atoms. The van der Waals surface area contributed by atoms with Gasteiger partial charge in [-0.3, -0.25) is 0 Å². The number of hydrogen-bond acceptors (Lipinski definition) is 2. The molecule has 0 aliphatic carbocycles. The molecule has 1 aliphatic rings. The van der Waals surface area contributed by atoms with Crippen LogP contribution < -0.4 is 5.32 Å². The standard InChI is InChI=1S/C18H28ClNO/c1-14(2)12-20-13-18(6-8-21-9-7-18)11-16-5-4-15(3)10-17(16)19/h4-5,10,14,20H,6-9,11-13H2,1-3H3. The third-order valence-electron chi connectivity index (χ3n) is 4.38. The zero-order valence-electron chi connectivity index (χ0n) is 13.5. The van der Waals surface area contributed by atoms with Crippen LogP contribution in [0.15, 0.2) is 18.2 Å². The molecule has 0 aromatic heterocycles. The number of hydrogen-bond donors (Lipinski definition) is 1. The van der Waals surface area contributed by atoms with Gasteiger partial charge in [-0.25, -0.2) is 0 Å². The first-order valence-electron chi connectivity index (χ1n) is 8.04. The summed E-state index contributed by atoms with van der Waals surface area (Å²) in [6.45, 7) is 10.5. The average Bonchev–Trinajstić information content (AvgIpc) is 2.43. The molecule has 0 radical (unpaired) electrons. The second-order valence-electron chi connectivity index (χ2n) is 6.91. The topological polar surface area (TPSA) is 21.3 Å². The Kier molecular flexibility index (Phi) is 6.09. The first kappa shape index (κ1) is 16.8. The van der Waals surface area contributed by atoms with E-state index in [9.17, 15) is 0 Å². The predicted molar refractivity (Wildman–Crippen MR) is 90.1 cm³/mol. The molecular formula is C18H28ClNO. The minimum atomic E-state index is 0.284. The molecule has 0 saturated carbocycles. The third kappa shape index (κ3) is 4.98. The monoisotopic (exact) mass is 309 g/mol. The van der Waals surface area contributed by atoms with Gasteiger partial charge in [0.1, 0.15) is 0 Å². The number of ether oxygens (including phenoxy) is 1. The van der Waals surface area contributed by atoms with Gasteiger partial charge in [0.25, 0.3) is 0 Å². The molecular weight excluding hydrogens is 282 g/mol. The third-order valence-corrected chi connectivity index (χ3v) is 4.73. The Hall–Kier alpha value is -0.570. The maximum absolute atomic E-state index is 6.44. The Morgan fingerprint density at radius 1 is 1.29 bits per heavy atom. The molecule has 0 amide bonds. The van der Waals surface area contributed by atoms with Crippen LogP contribution in [0.25, 0.3) is 0 Å². The van der Waals surface area contributed by atoms with Crippen LogP contribution in [-0.4, -0.2) is 26.3 Å². The molecule has 21 heavy (non-hydrogen) atoms. The van der Waals surface area contributed by atoms with Crippen molar-refractivity contribution in [1.29, 1.82) is 0 Å². The van der Waals surface area contributed by atoms with Gasteiger partial charge in [-0.1, -0.05) is 37.6 Å². The van der Waals surface area contributed by atoms with Crippen molar-refractivity contribution in [2.75, 3.05) is 26.3 Å². The van der Waals surface area contributed by atoms with Crippen LogP contribution in [0.1, 0.15) is 37.8 Å². The molecule has 118 valence electrons. The van der Waals surface area contributed by atoms with Gasteiger partial charge in [0.05, 0.1) is 0 Å². The summed E-state index contributed by atoms with van der Waals surface area (Å²) >= 11 is 6.44. The Morgan fingerprint density at radius 2 is 2.00 bits per heavy atom. The Labute approximate surface area is 134 Å². The molecule has 3 heteroatoms. The van der Waals surface area contributed by atoms with E-state index in [1.807, 2.05) is 0 Å². The largest absolute Gasteiger partial charge is 0.381 e. The van der Waals surface area contributed by atoms with Gasteiger partial charge in [-0.2, -0.15) is 0 Å².